The lowest BCUT2D eigenvalue weighted by molar-refractivity contribution is -0.137. The van der Waals surface area contributed by atoms with Crippen LogP contribution in [0.4, 0.5) is 19.0 Å². The van der Waals surface area contributed by atoms with Crippen LogP contribution in [0.15, 0.2) is 24.3 Å². The minimum Gasteiger partial charge on any atom is -0.492 e. The molecule has 206 valence electrons. The van der Waals surface area contributed by atoms with Crippen molar-refractivity contribution in [1.29, 1.82) is 0 Å². The number of benzene rings is 2. The molecule has 0 spiro atoms. The Morgan fingerprint density at radius 2 is 1.92 bits per heavy atom. The molecule has 39 heavy (non-hydrogen) atoms. The SMILES string of the molecule is Cc1nc(N[C@H](C)c2cccc(C(F)F)c2F)c2cc(C3(O)CCN(C(=O)C4CC4)CC3)c3c(c2n1)CCO3. The number of hydrogen-bond acceptors (Lipinski definition) is 6. The van der Waals surface area contributed by atoms with Crippen molar-refractivity contribution in [2.75, 3.05) is 25.0 Å². The molecule has 1 amide bonds. The third-order valence-electron chi connectivity index (χ3n) is 8.19. The molecular weight excluding hydrogens is 509 g/mol. The van der Waals surface area contributed by atoms with E-state index in [-0.39, 0.29) is 17.4 Å². The van der Waals surface area contributed by atoms with E-state index in [1.807, 2.05) is 11.0 Å². The zero-order chi connectivity index (χ0) is 27.5. The number of anilines is 1. The minimum absolute atomic E-state index is 0.105. The van der Waals surface area contributed by atoms with Gasteiger partial charge in [0.2, 0.25) is 5.91 Å². The molecule has 1 aliphatic carbocycles. The lowest BCUT2D eigenvalue weighted by Crippen LogP contribution is -2.45. The fourth-order valence-electron chi connectivity index (χ4n) is 5.84. The van der Waals surface area contributed by atoms with Gasteiger partial charge in [0.15, 0.2) is 0 Å². The summed E-state index contributed by atoms with van der Waals surface area (Å²) in [6, 6.07) is 5.14. The van der Waals surface area contributed by atoms with Crippen LogP contribution in [0.25, 0.3) is 10.9 Å². The van der Waals surface area contributed by atoms with Gasteiger partial charge in [-0.1, -0.05) is 18.2 Å². The highest BCUT2D eigenvalue weighted by molar-refractivity contribution is 5.94. The summed E-state index contributed by atoms with van der Waals surface area (Å²) in [5, 5.41) is 15.7. The van der Waals surface area contributed by atoms with E-state index in [2.05, 4.69) is 15.3 Å². The molecule has 1 saturated heterocycles. The molecule has 3 heterocycles. The Morgan fingerprint density at radius 1 is 1.21 bits per heavy atom. The Kier molecular flexibility index (Phi) is 6.40. The number of hydrogen-bond donors (Lipinski definition) is 2. The number of rotatable bonds is 6. The van der Waals surface area contributed by atoms with Crippen LogP contribution in [0.1, 0.15) is 73.2 Å². The molecule has 1 aromatic heterocycles. The number of likely N-dealkylation sites (tertiary alicyclic amines) is 1. The zero-order valence-corrected chi connectivity index (χ0v) is 21.9. The van der Waals surface area contributed by atoms with Crippen molar-refractivity contribution in [3.8, 4) is 5.75 Å². The number of piperidine rings is 1. The monoisotopic (exact) mass is 540 g/mol. The maximum atomic E-state index is 14.9. The van der Waals surface area contributed by atoms with Gasteiger partial charge in [0.25, 0.3) is 6.43 Å². The Hall–Kier alpha value is -3.40. The van der Waals surface area contributed by atoms with Crippen LogP contribution < -0.4 is 10.1 Å². The number of nitrogens with zero attached hydrogens (tertiary/aromatic N) is 3. The number of fused-ring (bicyclic) bond motifs is 3. The summed E-state index contributed by atoms with van der Waals surface area (Å²) in [6.07, 6.45) is 0.328. The van der Waals surface area contributed by atoms with Gasteiger partial charge in [-0.15, -0.1) is 0 Å². The number of carbonyl (C=O) groups is 1. The number of ether oxygens (including phenoxy) is 1. The van der Waals surface area contributed by atoms with Crippen LogP contribution in [0.3, 0.4) is 0 Å². The van der Waals surface area contributed by atoms with E-state index in [1.54, 1.807) is 13.8 Å². The first-order chi connectivity index (χ1) is 18.7. The molecule has 1 atom stereocenters. The van der Waals surface area contributed by atoms with Crippen LogP contribution >= 0.6 is 0 Å². The molecule has 1 saturated carbocycles. The first kappa shape index (κ1) is 25.9. The smallest absolute Gasteiger partial charge is 0.266 e. The van der Waals surface area contributed by atoms with E-state index < -0.39 is 29.4 Å². The Bertz CT molecular complexity index is 1450. The van der Waals surface area contributed by atoms with Crippen molar-refractivity contribution < 1.29 is 27.8 Å². The highest BCUT2D eigenvalue weighted by Crippen LogP contribution is 2.46. The summed E-state index contributed by atoms with van der Waals surface area (Å²) >= 11 is 0. The number of aryl methyl sites for hydroxylation is 1. The number of alkyl halides is 2. The van der Waals surface area contributed by atoms with Crippen LogP contribution in [0, 0.1) is 18.7 Å². The van der Waals surface area contributed by atoms with Crippen LogP contribution in [0.2, 0.25) is 0 Å². The number of carbonyl (C=O) groups excluding carboxylic acids is 1. The molecule has 0 radical (unpaired) electrons. The lowest BCUT2D eigenvalue weighted by atomic mass is 9.82. The molecule has 3 aromatic rings. The molecular formula is C29H31F3N4O3. The average Bonchev–Trinajstić information content (AvgIpc) is 3.64. The molecule has 2 fully saturated rings. The highest BCUT2D eigenvalue weighted by Gasteiger charge is 2.42. The van der Waals surface area contributed by atoms with Gasteiger partial charge in [-0.05, 0) is 45.6 Å². The quantitative estimate of drug-likeness (QED) is 0.439. The van der Waals surface area contributed by atoms with Gasteiger partial charge in [-0.3, -0.25) is 4.79 Å². The fraction of sp³-hybridized carbons (Fsp3) is 0.483. The summed E-state index contributed by atoms with van der Waals surface area (Å²) in [5.41, 5.74) is 0.452. The predicted octanol–water partition coefficient (Wildman–Crippen LogP) is 5.34. The van der Waals surface area contributed by atoms with E-state index in [0.29, 0.717) is 72.8 Å². The van der Waals surface area contributed by atoms with Crippen molar-refractivity contribution in [2.24, 2.45) is 5.92 Å². The molecule has 3 aliphatic rings. The average molecular weight is 541 g/mol. The summed E-state index contributed by atoms with van der Waals surface area (Å²) in [6.45, 7) is 4.82. The normalized spacial score (nSPS) is 19.2. The van der Waals surface area contributed by atoms with E-state index >= 15 is 0 Å². The van der Waals surface area contributed by atoms with Gasteiger partial charge in [-0.25, -0.2) is 23.1 Å². The van der Waals surface area contributed by atoms with Crippen molar-refractivity contribution in [2.45, 2.75) is 64.0 Å². The minimum atomic E-state index is -2.92. The summed E-state index contributed by atoms with van der Waals surface area (Å²) in [5.74, 6) is 0.898. The first-order valence-electron chi connectivity index (χ1n) is 13.5. The van der Waals surface area contributed by atoms with E-state index in [4.69, 9.17) is 4.74 Å². The fourth-order valence-corrected chi connectivity index (χ4v) is 5.84. The molecule has 7 nitrogen and oxygen atoms in total. The van der Waals surface area contributed by atoms with Crippen LogP contribution in [-0.2, 0) is 16.8 Å². The summed E-state index contributed by atoms with van der Waals surface area (Å²) < 4.78 is 47.6. The zero-order valence-electron chi connectivity index (χ0n) is 21.9. The first-order valence-corrected chi connectivity index (χ1v) is 13.5. The van der Waals surface area contributed by atoms with Gasteiger partial charge in [0.1, 0.15) is 23.2 Å². The molecule has 6 rings (SSSR count). The second-order valence-electron chi connectivity index (χ2n) is 10.9. The van der Waals surface area contributed by atoms with E-state index in [0.717, 1.165) is 24.5 Å². The van der Waals surface area contributed by atoms with E-state index in [9.17, 15) is 23.1 Å². The van der Waals surface area contributed by atoms with Crippen LogP contribution in [-0.4, -0.2) is 45.6 Å². The molecule has 2 aliphatic heterocycles. The summed E-state index contributed by atoms with van der Waals surface area (Å²) in [7, 11) is 0. The topological polar surface area (TPSA) is 87.6 Å². The lowest BCUT2D eigenvalue weighted by Gasteiger charge is -2.39. The predicted molar refractivity (Wildman–Crippen MR) is 139 cm³/mol. The number of aliphatic hydroxyl groups is 1. The maximum absolute atomic E-state index is 14.9. The van der Waals surface area contributed by atoms with Gasteiger partial charge < -0.3 is 20.1 Å². The molecule has 2 N–H and O–H groups in total. The Balaban J connectivity index is 1.38. The molecule has 10 heteroatoms. The summed E-state index contributed by atoms with van der Waals surface area (Å²) in [4.78, 5) is 23.7. The Morgan fingerprint density at radius 3 is 2.62 bits per heavy atom. The number of aromatic nitrogens is 2. The largest absolute Gasteiger partial charge is 0.492 e. The molecule has 0 unspecified atom stereocenters. The van der Waals surface area contributed by atoms with E-state index in [1.165, 1.54) is 12.1 Å². The number of nitrogens with one attached hydrogen (secondary N) is 1. The van der Waals surface area contributed by atoms with Crippen LogP contribution in [0.5, 0.6) is 5.75 Å². The second-order valence-corrected chi connectivity index (χ2v) is 10.9. The molecule has 2 aromatic carbocycles. The number of amides is 1. The number of halogens is 3. The van der Waals surface area contributed by atoms with Crippen molar-refractivity contribution >= 4 is 22.6 Å². The standard InChI is InChI=1S/C29H31F3N4O3/c1-15(18-4-3-5-19(23(18)30)26(31)32)33-27-21-14-22(25-20(8-13-39-25)24(21)34-16(2)35-27)29(38)9-11-36(12-10-29)28(37)17-6-7-17/h3-5,14-15,17,26,38H,6-13H2,1-2H3,(H,33,34,35)/t15-/m1/s1. The molecule has 0 bridgehead atoms. The van der Waals surface area contributed by atoms with Gasteiger partial charge in [-0.2, -0.15) is 0 Å². The van der Waals surface area contributed by atoms with Gasteiger partial charge in [0, 0.05) is 47.5 Å². The van der Waals surface area contributed by atoms with Crippen molar-refractivity contribution in [3.63, 3.8) is 0 Å². The van der Waals surface area contributed by atoms with Crippen molar-refractivity contribution in [3.05, 3.63) is 58.2 Å². The highest BCUT2D eigenvalue weighted by atomic mass is 19.3. The maximum Gasteiger partial charge on any atom is 0.266 e. The van der Waals surface area contributed by atoms with Crippen molar-refractivity contribution in [1.82, 2.24) is 14.9 Å². The third-order valence-corrected chi connectivity index (χ3v) is 8.19. The second kappa shape index (κ2) is 9.66. The third kappa shape index (κ3) is 4.58. The van der Waals surface area contributed by atoms with Gasteiger partial charge >= 0.3 is 0 Å². The van der Waals surface area contributed by atoms with Gasteiger partial charge in [0.05, 0.1) is 29.3 Å². The Labute approximate surface area is 224 Å².